The Morgan fingerprint density at radius 3 is 2.69 bits per heavy atom. The van der Waals surface area contributed by atoms with E-state index in [-0.39, 0.29) is 5.56 Å². The molecule has 2 rings (SSSR count). The molecule has 0 aliphatic heterocycles. The van der Waals surface area contributed by atoms with Crippen LogP contribution in [0.3, 0.4) is 0 Å². The van der Waals surface area contributed by atoms with Gasteiger partial charge in [0.25, 0.3) is 5.56 Å². The third-order valence-electron chi connectivity index (χ3n) is 1.77. The van der Waals surface area contributed by atoms with Crippen LogP contribution in [0.4, 0.5) is 0 Å². The molecule has 0 aliphatic rings. The van der Waals surface area contributed by atoms with Crippen molar-refractivity contribution in [3.05, 3.63) is 43.7 Å². The summed E-state index contributed by atoms with van der Waals surface area (Å²) in [6, 6.07) is 7.44. The molecule has 1 N–H and O–H groups in total. The number of pyridine rings is 1. The van der Waals surface area contributed by atoms with Crippen LogP contribution in [0.1, 0.15) is 0 Å². The number of hydrogen-bond acceptors (Lipinski definition) is 1. The third kappa shape index (κ3) is 1.69. The Hall–Kier alpha value is -0.610. The standard InChI is InChI=1S/C9H5Br2NO/c10-6-1-2-7-5(3-6)4-8(11)12-9(7)13/h1-4H,(H,12,13). The number of halogens is 2. The predicted molar refractivity (Wildman–Crippen MR) is 60.0 cm³/mol. The van der Waals surface area contributed by atoms with Crippen molar-refractivity contribution < 1.29 is 0 Å². The molecule has 0 amide bonds. The smallest absolute Gasteiger partial charge is 0.256 e. The molecule has 1 aromatic heterocycles. The lowest BCUT2D eigenvalue weighted by Gasteiger charge is -1.98. The minimum Gasteiger partial charge on any atom is -0.316 e. The minimum absolute atomic E-state index is 0.0723. The number of fused-ring (bicyclic) bond motifs is 1. The van der Waals surface area contributed by atoms with Gasteiger partial charge in [0.2, 0.25) is 0 Å². The fraction of sp³-hybridized carbons (Fsp3) is 0. The summed E-state index contributed by atoms with van der Waals surface area (Å²) in [5, 5.41) is 1.62. The van der Waals surface area contributed by atoms with E-state index < -0.39 is 0 Å². The number of rotatable bonds is 0. The van der Waals surface area contributed by atoms with Crippen LogP contribution in [0.5, 0.6) is 0 Å². The van der Waals surface area contributed by atoms with Crippen molar-refractivity contribution in [2.75, 3.05) is 0 Å². The van der Waals surface area contributed by atoms with Crippen LogP contribution in [-0.4, -0.2) is 4.98 Å². The number of H-pyrrole nitrogens is 1. The first-order valence-electron chi connectivity index (χ1n) is 3.65. The molecule has 0 aliphatic carbocycles. The van der Waals surface area contributed by atoms with E-state index in [1.165, 1.54) is 0 Å². The second-order valence-electron chi connectivity index (χ2n) is 2.68. The van der Waals surface area contributed by atoms with Crippen molar-refractivity contribution >= 4 is 42.6 Å². The van der Waals surface area contributed by atoms with Crippen molar-refractivity contribution in [1.82, 2.24) is 4.98 Å². The van der Waals surface area contributed by atoms with Crippen LogP contribution in [0.2, 0.25) is 0 Å². The highest BCUT2D eigenvalue weighted by Gasteiger charge is 1.99. The van der Waals surface area contributed by atoms with Gasteiger partial charge >= 0.3 is 0 Å². The van der Waals surface area contributed by atoms with Crippen LogP contribution in [-0.2, 0) is 0 Å². The van der Waals surface area contributed by atoms with E-state index in [1.807, 2.05) is 18.2 Å². The van der Waals surface area contributed by atoms with Crippen molar-refractivity contribution in [3.63, 3.8) is 0 Å². The highest BCUT2D eigenvalue weighted by Crippen LogP contribution is 2.18. The molecular formula is C9H5Br2NO. The molecule has 0 saturated carbocycles. The summed E-state index contributed by atoms with van der Waals surface area (Å²) in [7, 11) is 0. The third-order valence-corrected chi connectivity index (χ3v) is 2.69. The molecule has 0 atom stereocenters. The van der Waals surface area contributed by atoms with Gasteiger partial charge in [-0.3, -0.25) is 4.79 Å². The number of hydrogen-bond donors (Lipinski definition) is 1. The molecule has 1 aromatic carbocycles. The number of nitrogens with one attached hydrogen (secondary N) is 1. The van der Waals surface area contributed by atoms with Gasteiger partial charge in [-0.1, -0.05) is 15.9 Å². The van der Waals surface area contributed by atoms with Crippen molar-refractivity contribution in [3.8, 4) is 0 Å². The molecule has 0 saturated heterocycles. The zero-order chi connectivity index (χ0) is 9.42. The quantitative estimate of drug-likeness (QED) is 0.746. The van der Waals surface area contributed by atoms with E-state index in [9.17, 15) is 4.79 Å². The van der Waals surface area contributed by atoms with Gasteiger partial charge in [-0.15, -0.1) is 0 Å². The van der Waals surface area contributed by atoms with Gasteiger partial charge in [0.15, 0.2) is 0 Å². The first kappa shape index (κ1) is 8.97. The second-order valence-corrected chi connectivity index (χ2v) is 4.45. The van der Waals surface area contributed by atoms with Gasteiger partial charge in [-0.2, -0.15) is 0 Å². The maximum absolute atomic E-state index is 11.4. The fourth-order valence-electron chi connectivity index (χ4n) is 1.21. The van der Waals surface area contributed by atoms with Crippen LogP contribution in [0.25, 0.3) is 10.8 Å². The van der Waals surface area contributed by atoms with Crippen LogP contribution < -0.4 is 5.56 Å². The predicted octanol–water partition coefficient (Wildman–Crippen LogP) is 3.05. The molecule has 1 heterocycles. The number of benzene rings is 1. The normalized spacial score (nSPS) is 10.6. The van der Waals surface area contributed by atoms with Gasteiger partial charge in [0, 0.05) is 9.86 Å². The molecule has 2 aromatic rings. The first-order valence-corrected chi connectivity index (χ1v) is 5.23. The molecule has 0 radical (unpaired) electrons. The molecule has 66 valence electrons. The molecule has 4 heteroatoms. The van der Waals surface area contributed by atoms with E-state index in [4.69, 9.17) is 0 Å². The summed E-state index contributed by atoms with van der Waals surface area (Å²) in [4.78, 5) is 14.1. The topological polar surface area (TPSA) is 32.9 Å². The maximum Gasteiger partial charge on any atom is 0.256 e. The van der Waals surface area contributed by atoms with Crippen molar-refractivity contribution in [2.45, 2.75) is 0 Å². The Bertz CT molecular complexity index is 513. The van der Waals surface area contributed by atoms with Gasteiger partial charge in [0.05, 0.1) is 4.60 Å². The summed E-state index contributed by atoms with van der Waals surface area (Å²) in [6.07, 6.45) is 0. The van der Waals surface area contributed by atoms with Crippen LogP contribution >= 0.6 is 31.9 Å². The second kappa shape index (κ2) is 3.27. The van der Waals surface area contributed by atoms with Gasteiger partial charge in [-0.05, 0) is 45.6 Å². The van der Waals surface area contributed by atoms with Crippen molar-refractivity contribution in [2.24, 2.45) is 0 Å². The van der Waals surface area contributed by atoms with Gasteiger partial charge < -0.3 is 4.98 Å². The lowest BCUT2D eigenvalue weighted by Crippen LogP contribution is -2.05. The number of aromatic nitrogens is 1. The molecule has 0 spiro atoms. The Morgan fingerprint density at radius 1 is 1.15 bits per heavy atom. The van der Waals surface area contributed by atoms with Crippen LogP contribution in [0.15, 0.2) is 38.1 Å². The molecule has 0 unspecified atom stereocenters. The van der Waals surface area contributed by atoms with Gasteiger partial charge in [0.1, 0.15) is 0 Å². The summed E-state index contributed by atoms with van der Waals surface area (Å²) in [5.74, 6) is 0. The highest BCUT2D eigenvalue weighted by atomic mass is 79.9. The summed E-state index contributed by atoms with van der Waals surface area (Å²) >= 11 is 6.59. The lowest BCUT2D eigenvalue weighted by molar-refractivity contribution is 1.23. The molecule has 2 nitrogen and oxygen atoms in total. The van der Waals surface area contributed by atoms with Gasteiger partial charge in [-0.25, -0.2) is 0 Å². The monoisotopic (exact) mass is 301 g/mol. The van der Waals surface area contributed by atoms with Crippen molar-refractivity contribution in [1.29, 1.82) is 0 Å². The molecule has 13 heavy (non-hydrogen) atoms. The summed E-state index contributed by atoms with van der Waals surface area (Å²) in [5.41, 5.74) is -0.0723. The van der Waals surface area contributed by atoms with Crippen LogP contribution in [0, 0.1) is 0 Å². The van der Waals surface area contributed by atoms with E-state index >= 15 is 0 Å². The van der Waals surface area contributed by atoms with E-state index in [1.54, 1.807) is 6.07 Å². The fourth-order valence-corrected chi connectivity index (χ4v) is 2.01. The summed E-state index contributed by atoms with van der Waals surface area (Å²) < 4.78 is 1.67. The zero-order valence-electron chi connectivity index (χ0n) is 6.47. The maximum atomic E-state index is 11.4. The van der Waals surface area contributed by atoms with E-state index in [0.29, 0.717) is 9.99 Å². The molecular weight excluding hydrogens is 298 g/mol. The Morgan fingerprint density at radius 2 is 1.92 bits per heavy atom. The Balaban J connectivity index is 2.95. The summed E-state index contributed by atoms with van der Waals surface area (Å²) in [6.45, 7) is 0. The Kier molecular flexibility index (Phi) is 2.26. The average Bonchev–Trinajstić information content (AvgIpc) is 2.02. The van der Waals surface area contributed by atoms with E-state index in [2.05, 4.69) is 36.8 Å². The minimum atomic E-state index is -0.0723. The number of aromatic amines is 1. The van der Waals surface area contributed by atoms with E-state index in [0.717, 1.165) is 9.86 Å². The Labute approximate surface area is 91.2 Å². The zero-order valence-corrected chi connectivity index (χ0v) is 9.65. The average molecular weight is 303 g/mol. The highest BCUT2D eigenvalue weighted by molar-refractivity contribution is 9.10. The molecule has 0 fully saturated rings. The first-order chi connectivity index (χ1) is 6.16. The molecule has 0 bridgehead atoms. The lowest BCUT2D eigenvalue weighted by atomic mass is 10.2. The SMILES string of the molecule is O=c1[nH]c(Br)cc2cc(Br)ccc12. The largest absolute Gasteiger partial charge is 0.316 e.